The van der Waals surface area contributed by atoms with E-state index in [0.29, 0.717) is 5.56 Å². The van der Waals surface area contributed by atoms with Gasteiger partial charge in [-0.15, -0.1) is 0 Å². The third-order valence-electron chi connectivity index (χ3n) is 2.57. The number of carbonyl (C=O) groups is 2. The highest BCUT2D eigenvalue weighted by Gasteiger charge is 2.13. The average molecular weight is 274 g/mol. The van der Waals surface area contributed by atoms with Crippen molar-refractivity contribution in [1.82, 2.24) is 4.98 Å². The predicted molar refractivity (Wildman–Crippen MR) is 69.9 cm³/mol. The molecule has 1 amide bonds. The zero-order valence-corrected chi connectivity index (χ0v) is 10.3. The molecule has 6 heteroatoms. The lowest BCUT2D eigenvalue weighted by atomic mass is 10.1. The molecule has 0 radical (unpaired) electrons. The van der Waals surface area contributed by atoms with Crippen LogP contribution < -0.4 is 5.32 Å². The molecule has 0 aliphatic carbocycles. The molecular weight excluding hydrogens is 263 g/mol. The summed E-state index contributed by atoms with van der Waals surface area (Å²) in [5, 5.41) is 11.4. The lowest BCUT2D eigenvalue weighted by Crippen LogP contribution is -2.17. The Bertz CT molecular complexity index is 644. The predicted octanol–water partition coefficient (Wildman–Crippen LogP) is 2.10. The maximum atomic E-state index is 13.1. The van der Waals surface area contributed by atoms with Crippen LogP contribution in [0.5, 0.6) is 0 Å². The Morgan fingerprint density at radius 2 is 2.10 bits per heavy atom. The van der Waals surface area contributed by atoms with Crippen LogP contribution in [-0.4, -0.2) is 22.0 Å². The molecule has 2 aromatic rings. The van der Waals surface area contributed by atoms with Gasteiger partial charge in [0.25, 0.3) is 0 Å². The maximum Gasteiger partial charge on any atom is 0.337 e. The van der Waals surface area contributed by atoms with Gasteiger partial charge in [-0.25, -0.2) is 9.18 Å². The normalized spacial score (nSPS) is 10.1. The van der Waals surface area contributed by atoms with Crippen LogP contribution in [0.25, 0.3) is 0 Å². The van der Waals surface area contributed by atoms with Crippen molar-refractivity contribution in [1.29, 1.82) is 0 Å². The first-order chi connectivity index (χ1) is 9.56. The standard InChI is InChI=1S/C14H11FN2O3/c15-10-3-4-11(14(19)20)12(7-10)17-13(18)6-9-2-1-5-16-8-9/h1-5,7-8H,6H2,(H,17,18)(H,19,20). The van der Waals surface area contributed by atoms with Crippen molar-refractivity contribution in [2.45, 2.75) is 6.42 Å². The molecular formula is C14H11FN2O3. The second-order valence-corrected chi connectivity index (χ2v) is 4.08. The Balaban J connectivity index is 2.15. The minimum absolute atomic E-state index is 0.0312. The SMILES string of the molecule is O=C(Cc1cccnc1)Nc1cc(F)ccc1C(=O)O. The van der Waals surface area contributed by atoms with E-state index in [4.69, 9.17) is 5.11 Å². The summed E-state index contributed by atoms with van der Waals surface area (Å²) in [6.45, 7) is 0. The fourth-order valence-corrected chi connectivity index (χ4v) is 1.69. The topological polar surface area (TPSA) is 79.3 Å². The van der Waals surface area contributed by atoms with E-state index in [-0.39, 0.29) is 17.7 Å². The van der Waals surface area contributed by atoms with Crippen LogP contribution in [-0.2, 0) is 11.2 Å². The van der Waals surface area contributed by atoms with Gasteiger partial charge in [0.1, 0.15) is 5.82 Å². The van der Waals surface area contributed by atoms with Gasteiger partial charge >= 0.3 is 5.97 Å². The molecule has 0 aliphatic heterocycles. The number of hydrogen-bond donors (Lipinski definition) is 2. The minimum Gasteiger partial charge on any atom is -0.478 e. The summed E-state index contributed by atoms with van der Waals surface area (Å²) in [4.78, 5) is 26.7. The number of aromatic carboxylic acids is 1. The number of nitrogens with zero attached hydrogens (tertiary/aromatic N) is 1. The number of carboxylic acid groups (broad SMARTS) is 1. The van der Waals surface area contributed by atoms with Crippen LogP contribution in [0.2, 0.25) is 0 Å². The molecule has 1 aromatic carbocycles. The fraction of sp³-hybridized carbons (Fsp3) is 0.0714. The summed E-state index contributed by atoms with van der Waals surface area (Å²) < 4.78 is 13.1. The Labute approximate surface area is 114 Å². The monoisotopic (exact) mass is 274 g/mol. The molecule has 0 fully saturated rings. The molecule has 0 bridgehead atoms. The number of rotatable bonds is 4. The van der Waals surface area contributed by atoms with Crippen molar-refractivity contribution in [3.8, 4) is 0 Å². The molecule has 5 nitrogen and oxygen atoms in total. The van der Waals surface area contributed by atoms with Gasteiger partial charge in [0.15, 0.2) is 0 Å². The van der Waals surface area contributed by atoms with Crippen LogP contribution in [0.4, 0.5) is 10.1 Å². The highest BCUT2D eigenvalue weighted by Crippen LogP contribution is 2.17. The van der Waals surface area contributed by atoms with E-state index in [0.717, 1.165) is 18.2 Å². The molecule has 1 aromatic heterocycles. The second kappa shape index (κ2) is 5.92. The summed E-state index contributed by atoms with van der Waals surface area (Å²) in [6, 6.07) is 6.52. The summed E-state index contributed by atoms with van der Waals surface area (Å²) in [5.74, 6) is -2.29. The lowest BCUT2D eigenvalue weighted by molar-refractivity contribution is -0.115. The van der Waals surface area contributed by atoms with Crippen molar-refractivity contribution in [2.75, 3.05) is 5.32 Å². The summed E-state index contributed by atoms with van der Waals surface area (Å²) in [5.41, 5.74) is 0.454. The molecule has 102 valence electrons. The fourth-order valence-electron chi connectivity index (χ4n) is 1.69. The Morgan fingerprint density at radius 3 is 2.75 bits per heavy atom. The first-order valence-corrected chi connectivity index (χ1v) is 5.78. The van der Waals surface area contributed by atoms with E-state index in [2.05, 4.69) is 10.3 Å². The summed E-state index contributed by atoms with van der Waals surface area (Å²) in [7, 11) is 0. The lowest BCUT2D eigenvalue weighted by Gasteiger charge is -2.08. The van der Waals surface area contributed by atoms with Gasteiger partial charge in [0.05, 0.1) is 17.7 Å². The summed E-state index contributed by atoms with van der Waals surface area (Å²) in [6.07, 6.45) is 3.14. The smallest absolute Gasteiger partial charge is 0.337 e. The van der Waals surface area contributed by atoms with Crippen LogP contribution in [0.3, 0.4) is 0 Å². The maximum absolute atomic E-state index is 13.1. The van der Waals surface area contributed by atoms with Gasteiger partial charge in [0.2, 0.25) is 5.91 Å². The first kappa shape index (κ1) is 13.7. The number of pyridine rings is 1. The van der Waals surface area contributed by atoms with Crippen molar-refractivity contribution < 1.29 is 19.1 Å². The van der Waals surface area contributed by atoms with Crippen molar-refractivity contribution >= 4 is 17.6 Å². The molecule has 2 N–H and O–H groups in total. The second-order valence-electron chi connectivity index (χ2n) is 4.08. The van der Waals surface area contributed by atoms with Crippen molar-refractivity contribution in [2.24, 2.45) is 0 Å². The van der Waals surface area contributed by atoms with E-state index >= 15 is 0 Å². The van der Waals surface area contributed by atoms with Crippen molar-refractivity contribution in [3.05, 3.63) is 59.7 Å². The molecule has 1 heterocycles. The quantitative estimate of drug-likeness (QED) is 0.894. The zero-order chi connectivity index (χ0) is 14.5. The van der Waals surface area contributed by atoms with Gasteiger partial charge in [-0.3, -0.25) is 9.78 Å². The Morgan fingerprint density at radius 1 is 1.30 bits per heavy atom. The molecule has 20 heavy (non-hydrogen) atoms. The molecule has 0 aliphatic rings. The van der Waals surface area contributed by atoms with Gasteiger partial charge in [-0.05, 0) is 29.8 Å². The third-order valence-corrected chi connectivity index (χ3v) is 2.57. The van der Waals surface area contributed by atoms with Crippen LogP contribution >= 0.6 is 0 Å². The number of benzene rings is 1. The number of nitrogens with one attached hydrogen (secondary N) is 1. The highest BCUT2D eigenvalue weighted by molar-refractivity contribution is 6.00. The molecule has 0 unspecified atom stereocenters. The number of hydrogen-bond acceptors (Lipinski definition) is 3. The van der Waals surface area contributed by atoms with E-state index in [1.165, 1.54) is 6.20 Å². The Kier molecular flexibility index (Phi) is 4.05. The van der Waals surface area contributed by atoms with E-state index in [1.54, 1.807) is 18.3 Å². The first-order valence-electron chi connectivity index (χ1n) is 5.78. The van der Waals surface area contributed by atoms with Gasteiger partial charge < -0.3 is 10.4 Å². The van der Waals surface area contributed by atoms with Gasteiger partial charge in [-0.1, -0.05) is 6.07 Å². The van der Waals surface area contributed by atoms with Crippen LogP contribution in [0, 0.1) is 5.82 Å². The van der Waals surface area contributed by atoms with E-state index in [9.17, 15) is 14.0 Å². The molecule has 0 saturated carbocycles. The Hall–Kier alpha value is -2.76. The number of aromatic nitrogens is 1. The number of carbonyl (C=O) groups excluding carboxylic acids is 1. The average Bonchev–Trinajstić information content (AvgIpc) is 2.39. The van der Waals surface area contributed by atoms with E-state index < -0.39 is 17.7 Å². The molecule has 0 saturated heterocycles. The molecule has 2 rings (SSSR count). The van der Waals surface area contributed by atoms with E-state index in [1.807, 2.05) is 0 Å². The van der Waals surface area contributed by atoms with Crippen LogP contribution in [0.15, 0.2) is 42.7 Å². The van der Waals surface area contributed by atoms with Crippen molar-refractivity contribution in [3.63, 3.8) is 0 Å². The highest BCUT2D eigenvalue weighted by atomic mass is 19.1. The van der Waals surface area contributed by atoms with Crippen LogP contribution in [0.1, 0.15) is 15.9 Å². The molecule has 0 atom stereocenters. The third kappa shape index (κ3) is 3.38. The summed E-state index contributed by atoms with van der Waals surface area (Å²) >= 11 is 0. The number of amides is 1. The zero-order valence-electron chi connectivity index (χ0n) is 10.3. The number of halogens is 1. The number of anilines is 1. The largest absolute Gasteiger partial charge is 0.478 e. The minimum atomic E-state index is -1.23. The van der Waals surface area contributed by atoms with Gasteiger partial charge in [0, 0.05) is 12.4 Å². The molecule has 0 spiro atoms. The number of carboxylic acids is 1. The van der Waals surface area contributed by atoms with Gasteiger partial charge in [-0.2, -0.15) is 0 Å².